The Balaban J connectivity index is 2.50. The van der Waals surface area contributed by atoms with Gasteiger partial charge in [-0.15, -0.1) is 4.98 Å². The Morgan fingerprint density at radius 3 is 2.30 bits per heavy atom. The maximum Gasteiger partial charge on any atom is 0.324 e. The molecular weight excluding hydrogens is 260 g/mol. The second-order valence-corrected chi connectivity index (χ2v) is 4.50. The first-order valence-corrected chi connectivity index (χ1v) is 6.99. The number of anilines is 1. The van der Waals surface area contributed by atoms with Gasteiger partial charge in [-0.1, -0.05) is 13.8 Å². The van der Waals surface area contributed by atoms with Crippen LogP contribution in [0.3, 0.4) is 0 Å². The van der Waals surface area contributed by atoms with Crippen molar-refractivity contribution in [1.29, 1.82) is 0 Å². The molecule has 1 aromatic rings. The third-order valence-corrected chi connectivity index (χ3v) is 2.11. The van der Waals surface area contributed by atoms with Gasteiger partial charge in [0.2, 0.25) is 5.95 Å². The van der Waals surface area contributed by atoms with E-state index in [0.717, 1.165) is 0 Å². The number of nitrogens with zero attached hydrogens (tertiary/aromatic N) is 3. The van der Waals surface area contributed by atoms with Gasteiger partial charge in [-0.05, 0) is 19.8 Å². The molecule has 0 atom stereocenters. The summed E-state index contributed by atoms with van der Waals surface area (Å²) in [6.45, 7) is 10.9. The largest absolute Gasteiger partial charge is 0.464 e. The summed E-state index contributed by atoms with van der Waals surface area (Å²) in [5.74, 6) is 0.959. The van der Waals surface area contributed by atoms with Gasteiger partial charge in [-0.3, -0.25) is 0 Å². The van der Waals surface area contributed by atoms with Gasteiger partial charge in [-0.2, -0.15) is 9.97 Å². The smallest absolute Gasteiger partial charge is 0.324 e. The average molecular weight is 284 g/mol. The van der Waals surface area contributed by atoms with Crippen molar-refractivity contribution in [3.8, 4) is 12.0 Å². The Morgan fingerprint density at radius 2 is 1.70 bits per heavy atom. The lowest BCUT2D eigenvalue weighted by atomic mass is 10.2. The van der Waals surface area contributed by atoms with Crippen molar-refractivity contribution in [2.45, 2.75) is 27.7 Å². The van der Waals surface area contributed by atoms with Crippen molar-refractivity contribution in [2.24, 2.45) is 5.92 Å². The summed E-state index contributed by atoms with van der Waals surface area (Å²) in [7, 11) is 0. The molecule has 1 aromatic heterocycles. The molecule has 1 rings (SSSR count). The molecule has 0 aliphatic heterocycles. The maximum absolute atomic E-state index is 5.45. The van der Waals surface area contributed by atoms with Crippen molar-refractivity contribution in [3.05, 3.63) is 0 Å². The zero-order valence-corrected chi connectivity index (χ0v) is 12.7. The Hall–Kier alpha value is -1.63. The normalized spacial score (nSPS) is 10.7. The fourth-order valence-corrected chi connectivity index (χ4v) is 1.34. The molecular formula is C13H24N4O3. The fraction of sp³-hybridized carbons (Fsp3) is 0.769. The summed E-state index contributed by atoms with van der Waals surface area (Å²) in [4.78, 5) is 12.3. The zero-order valence-electron chi connectivity index (χ0n) is 12.7. The fourth-order valence-electron chi connectivity index (χ4n) is 1.34. The Kier molecular flexibility index (Phi) is 7.64. The van der Waals surface area contributed by atoms with E-state index in [9.17, 15) is 0 Å². The molecule has 0 unspecified atom stereocenters. The van der Waals surface area contributed by atoms with Crippen molar-refractivity contribution < 1.29 is 14.2 Å². The van der Waals surface area contributed by atoms with Gasteiger partial charge in [0.25, 0.3) is 0 Å². The molecule has 0 aromatic carbocycles. The molecule has 1 N–H and O–H groups in total. The molecule has 0 aliphatic rings. The van der Waals surface area contributed by atoms with Crippen LogP contribution in [0.4, 0.5) is 5.95 Å². The zero-order chi connectivity index (χ0) is 14.8. The predicted molar refractivity (Wildman–Crippen MR) is 76.3 cm³/mol. The van der Waals surface area contributed by atoms with Gasteiger partial charge in [0, 0.05) is 13.2 Å². The highest BCUT2D eigenvalue weighted by Gasteiger charge is 2.07. The van der Waals surface area contributed by atoms with E-state index in [0.29, 0.717) is 44.8 Å². The molecule has 0 fully saturated rings. The van der Waals surface area contributed by atoms with Gasteiger partial charge in [0.1, 0.15) is 6.61 Å². The summed E-state index contributed by atoms with van der Waals surface area (Å²) in [5.41, 5.74) is 0. The number of nitrogens with one attached hydrogen (secondary N) is 1. The number of rotatable bonds is 10. The summed E-state index contributed by atoms with van der Waals surface area (Å²) in [5, 5.41) is 3.01. The second-order valence-electron chi connectivity index (χ2n) is 4.50. The summed E-state index contributed by atoms with van der Waals surface area (Å²) >= 11 is 0. The first kappa shape index (κ1) is 16.4. The van der Waals surface area contributed by atoms with Crippen LogP contribution < -0.4 is 14.8 Å². The van der Waals surface area contributed by atoms with Crippen molar-refractivity contribution in [3.63, 3.8) is 0 Å². The predicted octanol–water partition coefficient (Wildman–Crippen LogP) is 1.75. The maximum atomic E-state index is 5.45. The minimum absolute atomic E-state index is 0.243. The van der Waals surface area contributed by atoms with Crippen molar-refractivity contribution in [1.82, 2.24) is 15.0 Å². The molecule has 0 saturated heterocycles. The molecule has 0 radical (unpaired) electrons. The highest BCUT2D eigenvalue weighted by atomic mass is 16.5. The number of ether oxygens (including phenoxy) is 3. The standard InChI is InChI=1S/C13H24N4O3/c1-5-14-11-15-12(19-6-2)17-13(16-11)20-8-7-18-9-10(3)4/h10H,5-9H2,1-4H3,(H,14,15,16,17). The molecule has 7 heteroatoms. The number of aromatic nitrogens is 3. The molecule has 0 amide bonds. The van der Waals surface area contributed by atoms with Gasteiger partial charge < -0.3 is 19.5 Å². The van der Waals surface area contributed by atoms with E-state index in [-0.39, 0.29) is 12.0 Å². The van der Waals surface area contributed by atoms with E-state index >= 15 is 0 Å². The second kappa shape index (κ2) is 9.30. The van der Waals surface area contributed by atoms with Crippen LogP contribution >= 0.6 is 0 Å². The SMILES string of the molecule is CCNc1nc(OCC)nc(OCCOCC(C)C)n1. The third-order valence-electron chi connectivity index (χ3n) is 2.11. The number of hydrogen-bond donors (Lipinski definition) is 1. The summed E-state index contributed by atoms with van der Waals surface area (Å²) in [6.07, 6.45) is 0. The molecule has 20 heavy (non-hydrogen) atoms. The molecule has 114 valence electrons. The first-order valence-electron chi connectivity index (χ1n) is 6.99. The van der Waals surface area contributed by atoms with Crippen molar-refractivity contribution in [2.75, 3.05) is 38.3 Å². The first-order chi connectivity index (χ1) is 9.65. The van der Waals surface area contributed by atoms with Crippen LogP contribution in [0.5, 0.6) is 12.0 Å². The average Bonchev–Trinajstić information content (AvgIpc) is 2.38. The molecule has 1 heterocycles. The topological polar surface area (TPSA) is 78.4 Å². The van der Waals surface area contributed by atoms with Gasteiger partial charge in [0.05, 0.1) is 13.2 Å². The molecule has 0 saturated carbocycles. The van der Waals surface area contributed by atoms with E-state index in [1.807, 2.05) is 13.8 Å². The van der Waals surface area contributed by atoms with E-state index in [4.69, 9.17) is 14.2 Å². The van der Waals surface area contributed by atoms with E-state index in [1.54, 1.807) is 0 Å². The van der Waals surface area contributed by atoms with E-state index in [2.05, 4.69) is 34.1 Å². The van der Waals surface area contributed by atoms with Crippen LogP contribution in [-0.4, -0.2) is 47.9 Å². The summed E-state index contributed by atoms with van der Waals surface area (Å²) < 4.78 is 16.2. The van der Waals surface area contributed by atoms with Crippen molar-refractivity contribution >= 4 is 5.95 Å². The van der Waals surface area contributed by atoms with E-state index < -0.39 is 0 Å². The third kappa shape index (κ3) is 6.51. The quantitative estimate of drug-likeness (QED) is 0.656. The van der Waals surface area contributed by atoms with Crippen LogP contribution in [0.15, 0.2) is 0 Å². The summed E-state index contributed by atoms with van der Waals surface area (Å²) in [6, 6.07) is 0.504. The van der Waals surface area contributed by atoms with Crippen LogP contribution in [0.2, 0.25) is 0 Å². The van der Waals surface area contributed by atoms with Gasteiger partial charge >= 0.3 is 12.0 Å². The molecule has 0 aliphatic carbocycles. The lowest BCUT2D eigenvalue weighted by Gasteiger charge is -2.09. The Labute approximate surface area is 120 Å². The van der Waals surface area contributed by atoms with Crippen LogP contribution in [0, 0.1) is 5.92 Å². The van der Waals surface area contributed by atoms with Crippen LogP contribution in [-0.2, 0) is 4.74 Å². The lowest BCUT2D eigenvalue weighted by Crippen LogP contribution is -2.13. The Bertz CT molecular complexity index is 364. The van der Waals surface area contributed by atoms with Crippen LogP contribution in [0.25, 0.3) is 0 Å². The number of hydrogen-bond acceptors (Lipinski definition) is 7. The highest BCUT2D eigenvalue weighted by molar-refractivity contribution is 5.27. The lowest BCUT2D eigenvalue weighted by molar-refractivity contribution is 0.0788. The molecule has 0 bridgehead atoms. The minimum atomic E-state index is 0.243. The van der Waals surface area contributed by atoms with Gasteiger partial charge in [-0.25, -0.2) is 0 Å². The monoisotopic (exact) mass is 284 g/mol. The van der Waals surface area contributed by atoms with E-state index in [1.165, 1.54) is 0 Å². The molecule has 0 spiro atoms. The molecule has 7 nitrogen and oxygen atoms in total. The highest BCUT2D eigenvalue weighted by Crippen LogP contribution is 2.12. The van der Waals surface area contributed by atoms with Crippen LogP contribution in [0.1, 0.15) is 27.7 Å². The minimum Gasteiger partial charge on any atom is -0.464 e. The Morgan fingerprint density at radius 1 is 1.00 bits per heavy atom. The van der Waals surface area contributed by atoms with Gasteiger partial charge in [0.15, 0.2) is 0 Å².